The summed E-state index contributed by atoms with van der Waals surface area (Å²) in [4.78, 5) is 0. The highest BCUT2D eigenvalue weighted by molar-refractivity contribution is 5.63. The Kier molecular flexibility index (Phi) is 1.54. The average Bonchev–Trinajstić information content (AvgIpc) is 2.70. The van der Waals surface area contributed by atoms with Crippen LogP contribution < -0.4 is 5.73 Å². The van der Waals surface area contributed by atoms with Gasteiger partial charge >= 0.3 is 0 Å². The topological polar surface area (TPSA) is 85.4 Å². The van der Waals surface area contributed by atoms with Crippen molar-refractivity contribution in [3.63, 3.8) is 0 Å². The summed E-state index contributed by atoms with van der Waals surface area (Å²) in [7, 11) is 1.80. The summed E-state index contributed by atoms with van der Waals surface area (Å²) in [5.41, 5.74) is 8.16. The number of aromatic amines is 1. The third-order valence-electron chi connectivity index (χ3n) is 2.00. The largest absolute Gasteiger partial charge is 0.384 e. The molecule has 0 radical (unpaired) electrons. The first-order valence-corrected chi connectivity index (χ1v) is 3.85. The molecule has 0 saturated carbocycles. The van der Waals surface area contributed by atoms with Crippen LogP contribution in [0, 0.1) is 6.92 Å². The second-order valence-electron chi connectivity index (χ2n) is 2.84. The Morgan fingerprint density at radius 1 is 1.54 bits per heavy atom. The normalized spacial score (nSPS) is 10.6. The summed E-state index contributed by atoms with van der Waals surface area (Å²) >= 11 is 0. The van der Waals surface area contributed by atoms with Crippen molar-refractivity contribution in [3.8, 4) is 11.4 Å². The van der Waals surface area contributed by atoms with E-state index in [-0.39, 0.29) is 0 Å². The molecule has 2 aromatic rings. The molecule has 0 aromatic carbocycles. The third-order valence-corrected chi connectivity index (χ3v) is 2.00. The molecule has 0 atom stereocenters. The fourth-order valence-corrected chi connectivity index (χ4v) is 1.20. The molecule has 0 saturated heterocycles. The highest BCUT2D eigenvalue weighted by atomic mass is 15.3. The predicted molar refractivity (Wildman–Crippen MR) is 47.7 cm³/mol. The van der Waals surface area contributed by atoms with E-state index in [0.717, 1.165) is 11.3 Å². The standard InChI is InChI=1S/C7H10N6/c1-4-6(5-3-9-12-10-5)11-13(2)7(4)8/h3H,8H2,1-2H3,(H,9,10,12). The fourth-order valence-electron chi connectivity index (χ4n) is 1.20. The van der Waals surface area contributed by atoms with Crippen LogP contribution in [0.3, 0.4) is 0 Å². The van der Waals surface area contributed by atoms with Crippen LogP contribution in [-0.4, -0.2) is 25.2 Å². The van der Waals surface area contributed by atoms with Crippen LogP contribution in [0.2, 0.25) is 0 Å². The van der Waals surface area contributed by atoms with E-state index in [1.807, 2.05) is 6.92 Å². The Labute approximate surface area is 74.8 Å². The van der Waals surface area contributed by atoms with Gasteiger partial charge in [0.25, 0.3) is 0 Å². The van der Waals surface area contributed by atoms with Gasteiger partial charge < -0.3 is 5.73 Å². The van der Waals surface area contributed by atoms with Crippen LogP contribution in [0.15, 0.2) is 6.20 Å². The molecule has 0 aliphatic heterocycles. The van der Waals surface area contributed by atoms with Crippen LogP contribution in [-0.2, 0) is 7.05 Å². The molecule has 0 aliphatic rings. The van der Waals surface area contributed by atoms with E-state index in [2.05, 4.69) is 20.5 Å². The van der Waals surface area contributed by atoms with Gasteiger partial charge in [-0.2, -0.15) is 20.5 Å². The quantitative estimate of drug-likeness (QED) is 0.648. The summed E-state index contributed by atoms with van der Waals surface area (Å²) < 4.78 is 1.62. The lowest BCUT2D eigenvalue weighted by Crippen LogP contribution is -1.97. The lowest BCUT2D eigenvalue weighted by atomic mass is 10.2. The summed E-state index contributed by atoms with van der Waals surface area (Å²) in [6.45, 7) is 1.91. The molecule has 0 fully saturated rings. The minimum atomic E-state index is 0.651. The van der Waals surface area contributed by atoms with E-state index >= 15 is 0 Å². The van der Waals surface area contributed by atoms with Crippen molar-refractivity contribution in [2.24, 2.45) is 7.05 Å². The molecular weight excluding hydrogens is 168 g/mol. The molecule has 68 valence electrons. The molecule has 0 spiro atoms. The van der Waals surface area contributed by atoms with Gasteiger partial charge in [-0.05, 0) is 6.92 Å². The van der Waals surface area contributed by atoms with Gasteiger partial charge in [-0.3, -0.25) is 4.68 Å². The molecule has 13 heavy (non-hydrogen) atoms. The zero-order valence-corrected chi connectivity index (χ0v) is 7.44. The molecule has 0 bridgehead atoms. The molecule has 6 heteroatoms. The van der Waals surface area contributed by atoms with Crippen molar-refractivity contribution in [1.82, 2.24) is 25.2 Å². The van der Waals surface area contributed by atoms with Crippen molar-refractivity contribution >= 4 is 5.82 Å². The van der Waals surface area contributed by atoms with E-state index < -0.39 is 0 Å². The zero-order chi connectivity index (χ0) is 9.42. The van der Waals surface area contributed by atoms with Crippen molar-refractivity contribution in [3.05, 3.63) is 11.8 Å². The Morgan fingerprint density at radius 2 is 2.31 bits per heavy atom. The van der Waals surface area contributed by atoms with E-state index in [9.17, 15) is 0 Å². The molecule has 6 nitrogen and oxygen atoms in total. The first-order valence-electron chi connectivity index (χ1n) is 3.85. The van der Waals surface area contributed by atoms with Gasteiger partial charge in [0.2, 0.25) is 0 Å². The molecule has 0 aliphatic carbocycles. The van der Waals surface area contributed by atoms with Crippen LogP contribution >= 0.6 is 0 Å². The molecule has 2 aromatic heterocycles. The molecular formula is C7H10N6. The Morgan fingerprint density at radius 3 is 2.77 bits per heavy atom. The predicted octanol–water partition coefficient (Wildman–Crippen LogP) is 0.0958. The lowest BCUT2D eigenvalue weighted by Gasteiger charge is -1.91. The van der Waals surface area contributed by atoms with Gasteiger partial charge in [0.05, 0.1) is 6.20 Å². The summed E-state index contributed by atoms with van der Waals surface area (Å²) in [5, 5.41) is 14.4. The average molecular weight is 178 g/mol. The molecule has 0 amide bonds. The monoisotopic (exact) mass is 178 g/mol. The number of nitrogens with one attached hydrogen (secondary N) is 1. The number of nitrogens with zero attached hydrogens (tertiary/aromatic N) is 4. The van der Waals surface area contributed by atoms with E-state index in [1.165, 1.54) is 0 Å². The van der Waals surface area contributed by atoms with Gasteiger partial charge in [-0.25, -0.2) is 0 Å². The number of aromatic nitrogens is 5. The third kappa shape index (κ3) is 1.07. The molecule has 2 heterocycles. The Hall–Kier alpha value is -1.85. The fraction of sp³-hybridized carbons (Fsp3) is 0.286. The Bertz CT molecular complexity index is 412. The molecule has 2 rings (SSSR count). The number of hydrogen-bond donors (Lipinski definition) is 2. The highest BCUT2D eigenvalue weighted by Gasteiger charge is 2.12. The minimum Gasteiger partial charge on any atom is -0.384 e. The Balaban J connectivity index is 2.59. The second kappa shape index (κ2) is 2.58. The number of nitrogens with two attached hydrogens (primary N) is 1. The van der Waals surface area contributed by atoms with Crippen molar-refractivity contribution in [1.29, 1.82) is 0 Å². The SMILES string of the molecule is Cc1c(-c2cn[nH]n2)nn(C)c1N. The number of H-pyrrole nitrogens is 1. The molecule has 0 unspecified atom stereocenters. The zero-order valence-electron chi connectivity index (χ0n) is 7.44. The second-order valence-corrected chi connectivity index (χ2v) is 2.84. The summed E-state index contributed by atoms with van der Waals surface area (Å²) in [6, 6.07) is 0. The van der Waals surface area contributed by atoms with E-state index in [0.29, 0.717) is 11.5 Å². The van der Waals surface area contributed by atoms with Gasteiger partial charge in [0.1, 0.15) is 17.2 Å². The molecule has 3 N–H and O–H groups in total. The lowest BCUT2D eigenvalue weighted by molar-refractivity contribution is 0.780. The van der Waals surface area contributed by atoms with Crippen LogP contribution in [0.4, 0.5) is 5.82 Å². The summed E-state index contributed by atoms with van der Waals surface area (Å²) in [5.74, 6) is 0.651. The van der Waals surface area contributed by atoms with Gasteiger partial charge in [0.15, 0.2) is 0 Å². The maximum atomic E-state index is 5.75. The van der Waals surface area contributed by atoms with Gasteiger partial charge in [-0.15, -0.1) is 0 Å². The van der Waals surface area contributed by atoms with Crippen LogP contribution in [0.1, 0.15) is 5.56 Å². The first kappa shape index (κ1) is 7.78. The van der Waals surface area contributed by atoms with Crippen molar-refractivity contribution in [2.75, 3.05) is 5.73 Å². The summed E-state index contributed by atoms with van der Waals surface area (Å²) in [6.07, 6.45) is 1.62. The van der Waals surface area contributed by atoms with Gasteiger partial charge in [0, 0.05) is 12.6 Å². The van der Waals surface area contributed by atoms with Crippen molar-refractivity contribution < 1.29 is 0 Å². The van der Waals surface area contributed by atoms with Crippen LogP contribution in [0.5, 0.6) is 0 Å². The number of hydrogen-bond acceptors (Lipinski definition) is 4. The highest BCUT2D eigenvalue weighted by Crippen LogP contribution is 2.22. The maximum Gasteiger partial charge on any atom is 0.133 e. The van der Waals surface area contributed by atoms with Gasteiger partial charge in [-0.1, -0.05) is 0 Å². The van der Waals surface area contributed by atoms with Crippen LogP contribution in [0.25, 0.3) is 11.4 Å². The smallest absolute Gasteiger partial charge is 0.133 e. The van der Waals surface area contributed by atoms with E-state index in [1.54, 1.807) is 17.9 Å². The number of nitrogen functional groups attached to an aromatic ring is 1. The van der Waals surface area contributed by atoms with Crippen molar-refractivity contribution in [2.45, 2.75) is 6.92 Å². The number of anilines is 1. The maximum absolute atomic E-state index is 5.75. The first-order chi connectivity index (χ1) is 6.20. The number of rotatable bonds is 1. The van der Waals surface area contributed by atoms with E-state index in [4.69, 9.17) is 5.73 Å². The number of aryl methyl sites for hydroxylation is 1. The minimum absolute atomic E-state index is 0.651.